The minimum Gasteiger partial charge on any atom is -0.394 e. The molecule has 0 aromatic rings. The van der Waals surface area contributed by atoms with Gasteiger partial charge in [0.1, 0.15) is 0 Å². The molecule has 0 saturated carbocycles. The maximum atomic E-state index is 9.32. The van der Waals surface area contributed by atoms with Crippen LogP contribution in [0.15, 0.2) is 0 Å². The molecule has 0 amide bonds. The Balaban J connectivity index is 3.94. The van der Waals surface area contributed by atoms with Gasteiger partial charge in [0.05, 0.1) is 18.8 Å². The van der Waals surface area contributed by atoms with Crippen LogP contribution in [0.25, 0.3) is 0 Å². The zero-order chi connectivity index (χ0) is 11.0. The molecule has 2 N–H and O–H groups in total. The summed E-state index contributed by atoms with van der Waals surface area (Å²) in [4.78, 5) is 2.11. The Morgan fingerprint density at radius 3 is 2.43 bits per heavy atom. The number of nitrogens with one attached hydrogen (secondary N) is 1. The lowest BCUT2D eigenvalue weighted by Gasteiger charge is -2.31. The summed E-state index contributed by atoms with van der Waals surface area (Å²) in [5.74, 6) is 0. The van der Waals surface area contributed by atoms with Crippen molar-refractivity contribution >= 4 is 0 Å². The van der Waals surface area contributed by atoms with E-state index in [0.29, 0.717) is 6.61 Å². The zero-order valence-electron chi connectivity index (χ0n) is 9.84. The average Bonchev–Trinajstić information content (AvgIpc) is 2.16. The monoisotopic (exact) mass is 204 g/mol. The van der Waals surface area contributed by atoms with Gasteiger partial charge in [0.25, 0.3) is 0 Å². The Bertz CT molecular complexity index is 136. The smallest absolute Gasteiger partial charge is 0.0666 e. The Labute approximate surface area is 87.2 Å². The lowest BCUT2D eigenvalue weighted by molar-refractivity contribution is 0.0587. The molecular weight excluding hydrogens is 180 g/mol. The Hall–Kier alpha value is -0.160. The van der Waals surface area contributed by atoms with E-state index in [9.17, 15) is 5.11 Å². The van der Waals surface area contributed by atoms with E-state index < -0.39 is 0 Å². The van der Waals surface area contributed by atoms with Crippen LogP contribution in [0.1, 0.15) is 13.3 Å². The number of hydrogen-bond acceptors (Lipinski definition) is 4. The first-order chi connectivity index (χ1) is 6.60. The normalized spacial score (nSPS) is 15.9. The lowest BCUT2D eigenvalue weighted by atomic mass is 9.98. The number of nitrogens with zero attached hydrogens (tertiary/aromatic N) is 1. The van der Waals surface area contributed by atoms with Gasteiger partial charge in [-0.05, 0) is 20.5 Å². The second-order valence-electron chi connectivity index (χ2n) is 3.96. The van der Waals surface area contributed by atoms with E-state index in [2.05, 4.69) is 17.1 Å². The molecule has 0 aromatic heterocycles. The lowest BCUT2D eigenvalue weighted by Crippen LogP contribution is -2.53. The van der Waals surface area contributed by atoms with Crippen molar-refractivity contribution in [2.24, 2.45) is 0 Å². The van der Waals surface area contributed by atoms with Gasteiger partial charge in [0, 0.05) is 20.2 Å². The molecule has 0 aromatic carbocycles. The summed E-state index contributed by atoms with van der Waals surface area (Å²) >= 11 is 0. The number of ether oxygens (including phenoxy) is 1. The first-order valence-corrected chi connectivity index (χ1v) is 5.10. The van der Waals surface area contributed by atoms with Crippen molar-refractivity contribution in [3.8, 4) is 0 Å². The van der Waals surface area contributed by atoms with E-state index in [1.54, 1.807) is 7.11 Å². The van der Waals surface area contributed by atoms with Crippen LogP contribution in [0.2, 0.25) is 0 Å². The molecule has 0 aliphatic heterocycles. The Morgan fingerprint density at radius 1 is 1.43 bits per heavy atom. The largest absolute Gasteiger partial charge is 0.394 e. The molecule has 0 aliphatic rings. The number of aliphatic hydroxyl groups excluding tert-OH is 1. The minimum absolute atomic E-state index is 0.116. The third-order valence-corrected chi connectivity index (χ3v) is 2.46. The number of methoxy groups -OCH3 is 1. The quantitative estimate of drug-likeness (QED) is 0.581. The van der Waals surface area contributed by atoms with Crippen molar-refractivity contribution in [2.75, 3.05) is 47.5 Å². The van der Waals surface area contributed by atoms with Crippen LogP contribution in [0, 0.1) is 0 Å². The highest BCUT2D eigenvalue weighted by Crippen LogP contribution is 2.09. The molecule has 1 atom stereocenters. The Kier molecular flexibility index (Phi) is 7.09. The highest BCUT2D eigenvalue weighted by atomic mass is 16.5. The maximum absolute atomic E-state index is 9.32. The molecule has 0 rings (SSSR count). The van der Waals surface area contributed by atoms with Gasteiger partial charge in [0.2, 0.25) is 0 Å². The van der Waals surface area contributed by atoms with E-state index >= 15 is 0 Å². The number of rotatable bonds is 8. The highest BCUT2D eigenvalue weighted by molar-refractivity contribution is 4.86. The average molecular weight is 204 g/mol. The van der Waals surface area contributed by atoms with Crippen molar-refractivity contribution in [1.82, 2.24) is 10.2 Å². The van der Waals surface area contributed by atoms with Crippen molar-refractivity contribution in [1.29, 1.82) is 0 Å². The van der Waals surface area contributed by atoms with Gasteiger partial charge in [-0.1, -0.05) is 6.92 Å². The molecule has 1 unspecified atom stereocenters. The molecule has 4 nitrogen and oxygen atoms in total. The minimum atomic E-state index is -0.273. The fraction of sp³-hybridized carbons (Fsp3) is 1.00. The third-order valence-electron chi connectivity index (χ3n) is 2.46. The molecule has 0 spiro atoms. The molecular formula is C10H24N2O2. The predicted octanol–water partition coefficient (Wildman–Crippen LogP) is -0.0749. The van der Waals surface area contributed by atoms with Crippen molar-refractivity contribution in [2.45, 2.75) is 18.9 Å². The number of aliphatic hydroxyl groups is 1. The summed E-state index contributed by atoms with van der Waals surface area (Å²) in [6.45, 7) is 4.55. The van der Waals surface area contributed by atoms with Gasteiger partial charge >= 0.3 is 0 Å². The fourth-order valence-corrected chi connectivity index (χ4v) is 1.31. The molecule has 0 aliphatic carbocycles. The van der Waals surface area contributed by atoms with Crippen LogP contribution in [0.3, 0.4) is 0 Å². The second kappa shape index (κ2) is 7.17. The number of likely N-dealkylation sites (N-methyl/N-ethyl adjacent to an activating group) is 1. The summed E-state index contributed by atoms with van der Waals surface area (Å²) < 4.78 is 5.11. The highest BCUT2D eigenvalue weighted by Gasteiger charge is 2.26. The van der Waals surface area contributed by atoms with E-state index in [1.165, 1.54) is 0 Å². The molecule has 0 bridgehead atoms. The molecule has 0 fully saturated rings. The van der Waals surface area contributed by atoms with Crippen LogP contribution in [0.5, 0.6) is 0 Å². The summed E-state index contributed by atoms with van der Waals surface area (Å²) in [6.07, 6.45) is 0.866. The SMILES string of the molecule is CCC(CO)(COC)NCCN(C)C. The van der Waals surface area contributed by atoms with Crippen LogP contribution in [-0.2, 0) is 4.74 Å². The summed E-state index contributed by atoms with van der Waals surface area (Å²) in [7, 11) is 5.73. The van der Waals surface area contributed by atoms with E-state index in [4.69, 9.17) is 4.74 Å². The predicted molar refractivity (Wildman–Crippen MR) is 58.5 cm³/mol. The molecule has 86 valence electrons. The van der Waals surface area contributed by atoms with E-state index in [-0.39, 0.29) is 12.1 Å². The van der Waals surface area contributed by atoms with E-state index in [0.717, 1.165) is 19.5 Å². The third kappa shape index (κ3) is 4.91. The number of hydrogen-bond donors (Lipinski definition) is 2. The van der Waals surface area contributed by atoms with E-state index in [1.807, 2.05) is 14.1 Å². The standard InChI is InChI=1S/C10H24N2O2/c1-5-10(8-13,9-14-4)11-6-7-12(2)3/h11,13H,5-9H2,1-4H3. The van der Waals surface area contributed by atoms with Crippen LogP contribution < -0.4 is 5.32 Å². The van der Waals surface area contributed by atoms with Gasteiger partial charge < -0.3 is 20.1 Å². The first-order valence-electron chi connectivity index (χ1n) is 5.10. The van der Waals surface area contributed by atoms with Gasteiger partial charge in [-0.3, -0.25) is 0 Å². The molecule has 4 heteroatoms. The van der Waals surface area contributed by atoms with Gasteiger partial charge in [-0.15, -0.1) is 0 Å². The molecule has 0 heterocycles. The molecule has 14 heavy (non-hydrogen) atoms. The molecule has 0 radical (unpaired) electrons. The van der Waals surface area contributed by atoms with Gasteiger partial charge in [0.15, 0.2) is 0 Å². The van der Waals surface area contributed by atoms with Crippen molar-refractivity contribution < 1.29 is 9.84 Å². The van der Waals surface area contributed by atoms with Gasteiger partial charge in [-0.25, -0.2) is 0 Å². The summed E-state index contributed by atoms with van der Waals surface area (Å²) in [6, 6.07) is 0. The topological polar surface area (TPSA) is 44.7 Å². The Morgan fingerprint density at radius 2 is 2.07 bits per heavy atom. The van der Waals surface area contributed by atoms with Crippen molar-refractivity contribution in [3.05, 3.63) is 0 Å². The molecule has 0 saturated heterocycles. The zero-order valence-corrected chi connectivity index (χ0v) is 9.84. The van der Waals surface area contributed by atoms with Crippen LogP contribution >= 0.6 is 0 Å². The summed E-state index contributed by atoms with van der Waals surface area (Å²) in [5.41, 5.74) is -0.273. The first kappa shape index (κ1) is 13.8. The van der Waals surface area contributed by atoms with Crippen molar-refractivity contribution in [3.63, 3.8) is 0 Å². The van der Waals surface area contributed by atoms with Crippen LogP contribution in [-0.4, -0.2) is 63.1 Å². The van der Waals surface area contributed by atoms with Crippen LogP contribution in [0.4, 0.5) is 0 Å². The summed E-state index contributed by atoms with van der Waals surface area (Å²) in [5, 5.41) is 12.7. The van der Waals surface area contributed by atoms with Gasteiger partial charge in [-0.2, -0.15) is 0 Å². The maximum Gasteiger partial charge on any atom is 0.0666 e. The fourth-order valence-electron chi connectivity index (χ4n) is 1.31. The second-order valence-corrected chi connectivity index (χ2v) is 3.96.